The molecule has 2 aliphatic rings. The van der Waals surface area contributed by atoms with E-state index in [-0.39, 0.29) is 17.7 Å². The van der Waals surface area contributed by atoms with Crippen LogP contribution in [0.15, 0.2) is 30.3 Å². The van der Waals surface area contributed by atoms with Gasteiger partial charge in [-0.25, -0.2) is 9.97 Å². The molecule has 1 aromatic carbocycles. The van der Waals surface area contributed by atoms with E-state index in [0.717, 1.165) is 48.7 Å². The Bertz CT molecular complexity index is 913. The Morgan fingerprint density at radius 1 is 1.17 bits per heavy atom. The van der Waals surface area contributed by atoms with E-state index in [4.69, 9.17) is 9.97 Å². The van der Waals surface area contributed by atoms with Gasteiger partial charge in [0.15, 0.2) is 0 Å². The van der Waals surface area contributed by atoms with E-state index < -0.39 is 0 Å². The zero-order valence-electron chi connectivity index (χ0n) is 17.2. The van der Waals surface area contributed by atoms with Crippen molar-refractivity contribution in [2.45, 2.75) is 51.9 Å². The highest BCUT2D eigenvalue weighted by Gasteiger charge is 2.32. The molecule has 0 aliphatic carbocycles. The molecule has 3 heterocycles. The maximum atomic E-state index is 12.7. The van der Waals surface area contributed by atoms with Crippen LogP contribution in [0.4, 0.5) is 5.82 Å². The number of carbonyl (C=O) groups excluding carboxylic acids is 2. The second-order valence-electron chi connectivity index (χ2n) is 8.05. The normalized spacial score (nSPS) is 18.8. The average Bonchev–Trinajstić information content (AvgIpc) is 3.21. The summed E-state index contributed by atoms with van der Waals surface area (Å²) in [5.74, 6) is 1.95. The first kappa shape index (κ1) is 19.6. The molecular weight excluding hydrogens is 364 g/mol. The molecule has 6 heteroatoms. The summed E-state index contributed by atoms with van der Waals surface area (Å²) in [6.45, 7) is 5.70. The minimum Gasteiger partial charge on any atom is -0.342 e. The maximum absolute atomic E-state index is 12.7. The van der Waals surface area contributed by atoms with Crippen LogP contribution < -0.4 is 4.90 Å². The maximum Gasteiger partial charge on any atom is 0.228 e. The number of benzene rings is 1. The SMILES string of the molecule is CC(=O)N1CC[C@H](c2nc(C)c3c(n2)N(CCCc2ccccc2)C(=O)CC3)C1. The van der Waals surface area contributed by atoms with Crippen LogP contribution in [0.25, 0.3) is 0 Å². The minimum atomic E-state index is 0.0971. The molecule has 0 unspecified atom stereocenters. The van der Waals surface area contributed by atoms with Crippen LogP contribution in [-0.4, -0.2) is 46.3 Å². The van der Waals surface area contributed by atoms with Gasteiger partial charge in [-0.1, -0.05) is 30.3 Å². The molecule has 0 radical (unpaired) electrons. The van der Waals surface area contributed by atoms with Crippen LogP contribution in [0.3, 0.4) is 0 Å². The minimum absolute atomic E-state index is 0.0971. The van der Waals surface area contributed by atoms with Gasteiger partial charge in [0, 0.05) is 50.2 Å². The second-order valence-corrected chi connectivity index (χ2v) is 8.05. The molecule has 0 N–H and O–H groups in total. The molecule has 0 spiro atoms. The van der Waals surface area contributed by atoms with Gasteiger partial charge in [0.2, 0.25) is 11.8 Å². The Labute approximate surface area is 172 Å². The zero-order chi connectivity index (χ0) is 20.4. The molecule has 152 valence electrons. The monoisotopic (exact) mass is 392 g/mol. The number of amides is 2. The van der Waals surface area contributed by atoms with Crippen molar-refractivity contribution in [1.29, 1.82) is 0 Å². The first-order valence-corrected chi connectivity index (χ1v) is 10.5. The number of carbonyl (C=O) groups is 2. The molecule has 2 aliphatic heterocycles. The molecule has 6 nitrogen and oxygen atoms in total. The van der Waals surface area contributed by atoms with Crippen molar-refractivity contribution in [2.24, 2.45) is 0 Å². The lowest BCUT2D eigenvalue weighted by molar-refractivity contribution is -0.127. The predicted molar refractivity (Wildman–Crippen MR) is 112 cm³/mol. The largest absolute Gasteiger partial charge is 0.342 e. The molecule has 1 aromatic heterocycles. The fraction of sp³-hybridized carbons (Fsp3) is 0.478. The highest BCUT2D eigenvalue weighted by atomic mass is 16.2. The summed E-state index contributed by atoms with van der Waals surface area (Å²) in [5, 5.41) is 0. The molecule has 29 heavy (non-hydrogen) atoms. The van der Waals surface area contributed by atoms with E-state index in [1.165, 1.54) is 5.56 Å². The Morgan fingerprint density at radius 3 is 2.69 bits per heavy atom. The number of aromatic nitrogens is 2. The van der Waals surface area contributed by atoms with E-state index in [1.807, 2.05) is 34.9 Å². The second kappa shape index (κ2) is 8.31. The Balaban J connectivity index is 1.54. The predicted octanol–water partition coefficient (Wildman–Crippen LogP) is 3.03. The molecule has 2 aromatic rings. The molecule has 1 saturated heterocycles. The van der Waals surface area contributed by atoms with Crippen LogP contribution in [0.5, 0.6) is 0 Å². The molecule has 0 bridgehead atoms. The number of aryl methyl sites for hydroxylation is 2. The summed E-state index contributed by atoms with van der Waals surface area (Å²) in [6.07, 6.45) is 3.94. The van der Waals surface area contributed by atoms with Gasteiger partial charge >= 0.3 is 0 Å². The third-order valence-corrected chi connectivity index (χ3v) is 6.04. The quantitative estimate of drug-likeness (QED) is 0.784. The van der Waals surface area contributed by atoms with Crippen molar-refractivity contribution >= 4 is 17.6 Å². The number of likely N-dealkylation sites (tertiary alicyclic amines) is 1. The number of hydrogen-bond donors (Lipinski definition) is 0. The summed E-state index contributed by atoms with van der Waals surface area (Å²) < 4.78 is 0. The number of hydrogen-bond acceptors (Lipinski definition) is 4. The number of nitrogens with zero attached hydrogens (tertiary/aromatic N) is 4. The molecule has 0 saturated carbocycles. The Hall–Kier alpha value is -2.76. The first-order chi connectivity index (χ1) is 14.0. The Morgan fingerprint density at radius 2 is 1.97 bits per heavy atom. The number of fused-ring (bicyclic) bond motifs is 1. The van der Waals surface area contributed by atoms with Gasteiger partial charge in [0.1, 0.15) is 11.6 Å². The Kier molecular flexibility index (Phi) is 5.60. The third-order valence-electron chi connectivity index (χ3n) is 6.04. The summed E-state index contributed by atoms with van der Waals surface area (Å²) in [7, 11) is 0. The van der Waals surface area contributed by atoms with Crippen LogP contribution in [0, 0.1) is 6.92 Å². The third kappa shape index (κ3) is 4.16. The molecule has 4 rings (SSSR count). The molecule has 1 fully saturated rings. The summed E-state index contributed by atoms with van der Waals surface area (Å²) in [6, 6.07) is 10.4. The van der Waals surface area contributed by atoms with Crippen molar-refractivity contribution in [2.75, 3.05) is 24.5 Å². The van der Waals surface area contributed by atoms with Crippen LogP contribution >= 0.6 is 0 Å². The van der Waals surface area contributed by atoms with Gasteiger partial charge in [-0.15, -0.1) is 0 Å². The summed E-state index contributed by atoms with van der Waals surface area (Å²) >= 11 is 0. The van der Waals surface area contributed by atoms with E-state index in [0.29, 0.717) is 25.9 Å². The van der Waals surface area contributed by atoms with Gasteiger partial charge in [0.25, 0.3) is 0 Å². The van der Waals surface area contributed by atoms with E-state index >= 15 is 0 Å². The number of anilines is 1. The lowest BCUT2D eigenvalue weighted by atomic mass is 10.0. The highest BCUT2D eigenvalue weighted by molar-refractivity contribution is 5.95. The zero-order valence-corrected chi connectivity index (χ0v) is 17.2. The van der Waals surface area contributed by atoms with E-state index in [9.17, 15) is 9.59 Å². The van der Waals surface area contributed by atoms with Crippen molar-refractivity contribution in [1.82, 2.24) is 14.9 Å². The smallest absolute Gasteiger partial charge is 0.228 e. The van der Waals surface area contributed by atoms with Gasteiger partial charge in [0.05, 0.1) is 0 Å². The molecular formula is C23H28N4O2. The molecule has 2 amide bonds. The van der Waals surface area contributed by atoms with Gasteiger partial charge < -0.3 is 4.90 Å². The fourth-order valence-corrected chi connectivity index (χ4v) is 4.36. The van der Waals surface area contributed by atoms with Gasteiger partial charge in [-0.05, 0) is 38.2 Å². The van der Waals surface area contributed by atoms with Gasteiger partial charge in [-0.3, -0.25) is 14.5 Å². The van der Waals surface area contributed by atoms with Gasteiger partial charge in [-0.2, -0.15) is 0 Å². The van der Waals surface area contributed by atoms with Crippen molar-refractivity contribution in [3.05, 3.63) is 53.0 Å². The fourth-order valence-electron chi connectivity index (χ4n) is 4.36. The van der Waals surface area contributed by atoms with Crippen LogP contribution in [0.1, 0.15) is 54.7 Å². The number of rotatable bonds is 5. The first-order valence-electron chi connectivity index (χ1n) is 10.5. The van der Waals surface area contributed by atoms with Crippen molar-refractivity contribution in [3.8, 4) is 0 Å². The highest BCUT2D eigenvalue weighted by Crippen LogP contribution is 2.32. The lowest BCUT2D eigenvalue weighted by Gasteiger charge is -2.30. The van der Waals surface area contributed by atoms with Crippen LogP contribution in [-0.2, 0) is 22.4 Å². The van der Waals surface area contributed by atoms with E-state index in [2.05, 4.69) is 12.1 Å². The summed E-state index contributed by atoms with van der Waals surface area (Å²) in [4.78, 5) is 37.7. The van der Waals surface area contributed by atoms with Crippen molar-refractivity contribution in [3.63, 3.8) is 0 Å². The van der Waals surface area contributed by atoms with Crippen LogP contribution in [0.2, 0.25) is 0 Å². The lowest BCUT2D eigenvalue weighted by Crippen LogP contribution is -2.38. The standard InChI is InChI=1S/C23H28N4O2/c1-16-20-10-11-21(29)27(13-6-9-18-7-4-3-5-8-18)23(20)25-22(24-16)19-12-14-26(15-19)17(2)28/h3-5,7-8,19H,6,9-15H2,1-2H3/t19-/m0/s1. The molecule has 1 atom stereocenters. The van der Waals surface area contributed by atoms with E-state index in [1.54, 1.807) is 6.92 Å². The van der Waals surface area contributed by atoms with Crippen molar-refractivity contribution < 1.29 is 9.59 Å². The summed E-state index contributed by atoms with van der Waals surface area (Å²) in [5.41, 5.74) is 3.34. The topological polar surface area (TPSA) is 66.4 Å². The average molecular weight is 393 g/mol.